The minimum Gasteiger partial charge on any atom is -0.484 e. The molecule has 0 aliphatic rings. The van der Waals surface area contributed by atoms with Gasteiger partial charge in [-0.05, 0) is 30.3 Å². The van der Waals surface area contributed by atoms with Crippen molar-refractivity contribution in [3.8, 4) is 17.1 Å². The Labute approximate surface area is 131 Å². The van der Waals surface area contributed by atoms with E-state index in [-0.39, 0.29) is 6.61 Å². The van der Waals surface area contributed by atoms with Crippen LogP contribution in [-0.4, -0.2) is 25.1 Å². The third kappa shape index (κ3) is 2.64. The molecule has 0 aliphatic carbocycles. The highest BCUT2D eigenvalue weighted by molar-refractivity contribution is 5.79. The van der Waals surface area contributed by atoms with Gasteiger partial charge >= 0.3 is 0 Å². The first kappa shape index (κ1) is 13.4. The molecule has 0 bridgehead atoms. The molecule has 2 heterocycles. The number of hydrogen-bond acceptors (Lipinski definition) is 6. The molecule has 7 heteroatoms. The molecule has 0 spiro atoms. The lowest BCUT2D eigenvalue weighted by Crippen LogP contribution is -1.95. The molecule has 0 fully saturated rings. The standard InChI is InChI=1S/C16H13N5O2/c1-21-14-8-7-11(9-13(14)18-20-21)16-17-15(23-19-16)10-22-12-5-3-2-4-6-12/h2-9H,10H2,1H3. The molecule has 0 N–H and O–H groups in total. The molecule has 0 unspecified atom stereocenters. The Morgan fingerprint density at radius 3 is 2.87 bits per heavy atom. The van der Waals surface area contributed by atoms with E-state index in [0.29, 0.717) is 11.7 Å². The van der Waals surface area contributed by atoms with Crippen LogP contribution in [0.4, 0.5) is 0 Å². The molecule has 4 aromatic rings. The Bertz CT molecular complexity index is 945. The lowest BCUT2D eigenvalue weighted by Gasteiger charge is -2.01. The molecule has 0 aliphatic heterocycles. The summed E-state index contributed by atoms with van der Waals surface area (Å²) in [6.07, 6.45) is 0. The van der Waals surface area contributed by atoms with Gasteiger partial charge in [0.25, 0.3) is 5.89 Å². The monoisotopic (exact) mass is 307 g/mol. The van der Waals surface area contributed by atoms with Gasteiger partial charge in [0.15, 0.2) is 6.61 Å². The number of nitrogens with zero attached hydrogens (tertiary/aromatic N) is 5. The van der Waals surface area contributed by atoms with Crippen LogP contribution < -0.4 is 4.74 Å². The van der Waals surface area contributed by atoms with Crippen LogP contribution in [0.15, 0.2) is 53.1 Å². The lowest BCUT2D eigenvalue weighted by molar-refractivity contribution is 0.243. The van der Waals surface area contributed by atoms with E-state index < -0.39 is 0 Å². The summed E-state index contributed by atoms with van der Waals surface area (Å²) >= 11 is 0. The molecule has 7 nitrogen and oxygen atoms in total. The van der Waals surface area contributed by atoms with Crippen molar-refractivity contribution < 1.29 is 9.26 Å². The Hall–Kier alpha value is -3.22. The van der Waals surface area contributed by atoms with Gasteiger partial charge in [-0.25, -0.2) is 4.68 Å². The third-order valence-corrected chi connectivity index (χ3v) is 3.44. The fourth-order valence-electron chi connectivity index (χ4n) is 2.27. The fraction of sp³-hybridized carbons (Fsp3) is 0.125. The molecular formula is C16H13N5O2. The van der Waals surface area contributed by atoms with Gasteiger partial charge in [0, 0.05) is 12.6 Å². The quantitative estimate of drug-likeness (QED) is 0.576. The van der Waals surface area contributed by atoms with Gasteiger partial charge in [-0.3, -0.25) is 0 Å². The second-order valence-electron chi connectivity index (χ2n) is 5.03. The Balaban J connectivity index is 1.54. The van der Waals surface area contributed by atoms with E-state index >= 15 is 0 Å². The van der Waals surface area contributed by atoms with Crippen LogP contribution in [0, 0.1) is 0 Å². The van der Waals surface area contributed by atoms with E-state index in [1.165, 1.54) is 0 Å². The minimum atomic E-state index is 0.227. The van der Waals surface area contributed by atoms with Crippen molar-refractivity contribution in [3.05, 3.63) is 54.4 Å². The van der Waals surface area contributed by atoms with Crippen molar-refractivity contribution >= 4 is 11.0 Å². The van der Waals surface area contributed by atoms with Gasteiger partial charge in [0.1, 0.15) is 11.3 Å². The van der Waals surface area contributed by atoms with Crippen LogP contribution in [0.2, 0.25) is 0 Å². The first-order chi connectivity index (χ1) is 11.3. The first-order valence-corrected chi connectivity index (χ1v) is 7.10. The summed E-state index contributed by atoms with van der Waals surface area (Å²) in [4.78, 5) is 4.35. The molecule has 0 amide bonds. The van der Waals surface area contributed by atoms with Gasteiger partial charge in [-0.2, -0.15) is 4.98 Å². The largest absolute Gasteiger partial charge is 0.484 e. The zero-order valence-corrected chi connectivity index (χ0v) is 12.4. The average Bonchev–Trinajstić information content (AvgIpc) is 3.21. The zero-order valence-electron chi connectivity index (χ0n) is 12.4. The molecule has 0 saturated heterocycles. The van der Waals surface area contributed by atoms with E-state index in [1.807, 2.05) is 55.6 Å². The predicted octanol–water partition coefficient (Wildman–Crippen LogP) is 2.60. The second-order valence-corrected chi connectivity index (χ2v) is 5.03. The van der Waals surface area contributed by atoms with Crippen LogP contribution in [0.5, 0.6) is 5.75 Å². The first-order valence-electron chi connectivity index (χ1n) is 7.10. The summed E-state index contributed by atoms with van der Waals surface area (Å²) in [6.45, 7) is 0.227. The van der Waals surface area contributed by atoms with E-state index in [0.717, 1.165) is 22.3 Å². The number of ether oxygens (including phenoxy) is 1. The number of rotatable bonds is 4. The highest BCUT2D eigenvalue weighted by Gasteiger charge is 2.11. The predicted molar refractivity (Wildman–Crippen MR) is 82.6 cm³/mol. The van der Waals surface area contributed by atoms with Crippen molar-refractivity contribution in [2.75, 3.05) is 0 Å². The summed E-state index contributed by atoms with van der Waals surface area (Å²) in [5, 5.41) is 12.1. The maximum Gasteiger partial charge on any atom is 0.264 e. The fourth-order valence-corrected chi connectivity index (χ4v) is 2.27. The number of aromatic nitrogens is 5. The smallest absolute Gasteiger partial charge is 0.264 e. The average molecular weight is 307 g/mol. The van der Waals surface area contributed by atoms with E-state index in [9.17, 15) is 0 Å². The van der Waals surface area contributed by atoms with E-state index in [4.69, 9.17) is 9.26 Å². The van der Waals surface area contributed by atoms with Gasteiger partial charge < -0.3 is 9.26 Å². The number of para-hydroxylation sites is 1. The highest BCUT2D eigenvalue weighted by atomic mass is 16.5. The molecule has 0 radical (unpaired) electrons. The number of benzene rings is 2. The Kier molecular flexibility index (Phi) is 3.23. The minimum absolute atomic E-state index is 0.227. The summed E-state index contributed by atoms with van der Waals surface area (Å²) in [6, 6.07) is 15.2. The maximum absolute atomic E-state index is 5.59. The van der Waals surface area contributed by atoms with Crippen LogP contribution in [0.25, 0.3) is 22.4 Å². The topological polar surface area (TPSA) is 78.9 Å². The molecule has 114 valence electrons. The Morgan fingerprint density at radius 2 is 2.00 bits per heavy atom. The molecular weight excluding hydrogens is 294 g/mol. The molecule has 2 aromatic heterocycles. The van der Waals surface area contributed by atoms with Crippen molar-refractivity contribution in [2.24, 2.45) is 7.05 Å². The summed E-state index contributed by atoms with van der Waals surface area (Å²) in [7, 11) is 1.85. The van der Waals surface area contributed by atoms with Gasteiger partial charge in [0.05, 0.1) is 5.52 Å². The van der Waals surface area contributed by atoms with Crippen LogP contribution >= 0.6 is 0 Å². The third-order valence-electron chi connectivity index (χ3n) is 3.44. The van der Waals surface area contributed by atoms with Crippen LogP contribution in [0.1, 0.15) is 5.89 Å². The molecule has 2 aromatic carbocycles. The maximum atomic E-state index is 5.59. The molecule has 23 heavy (non-hydrogen) atoms. The van der Waals surface area contributed by atoms with Crippen molar-refractivity contribution in [1.82, 2.24) is 25.1 Å². The molecule has 4 rings (SSSR count). The Morgan fingerprint density at radius 1 is 1.13 bits per heavy atom. The van der Waals surface area contributed by atoms with Crippen LogP contribution in [-0.2, 0) is 13.7 Å². The van der Waals surface area contributed by atoms with Gasteiger partial charge in [0.2, 0.25) is 5.82 Å². The molecule has 0 saturated carbocycles. The number of hydrogen-bond donors (Lipinski definition) is 0. The van der Waals surface area contributed by atoms with E-state index in [2.05, 4.69) is 20.5 Å². The van der Waals surface area contributed by atoms with Crippen LogP contribution in [0.3, 0.4) is 0 Å². The zero-order chi connectivity index (χ0) is 15.6. The SMILES string of the molecule is Cn1nnc2cc(-c3noc(COc4ccccc4)n3)ccc21. The summed E-state index contributed by atoms with van der Waals surface area (Å²) in [5.74, 6) is 1.68. The lowest BCUT2D eigenvalue weighted by atomic mass is 10.2. The molecule has 0 atom stereocenters. The van der Waals surface area contributed by atoms with E-state index in [1.54, 1.807) is 4.68 Å². The van der Waals surface area contributed by atoms with Gasteiger partial charge in [-0.1, -0.05) is 28.6 Å². The van der Waals surface area contributed by atoms with Crippen molar-refractivity contribution in [2.45, 2.75) is 6.61 Å². The summed E-state index contributed by atoms with van der Waals surface area (Å²) in [5.41, 5.74) is 2.56. The second kappa shape index (κ2) is 5.53. The highest BCUT2D eigenvalue weighted by Crippen LogP contribution is 2.21. The van der Waals surface area contributed by atoms with Crippen molar-refractivity contribution in [3.63, 3.8) is 0 Å². The van der Waals surface area contributed by atoms with Crippen molar-refractivity contribution in [1.29, 1.82) is 0 Å². The summed E-state index contributed by atoms with van der Waals surface area (Å²) < 4.78 is 12.5. The normalized spacial score (nSPS) is 11.0. The number of fused-ring (bicyclic) bond motifs is 1. The number of aryl methyl sites for hydroxylation is 1. The van der Waals surface area contributed by atoms with Gasteiger partial charge in [-0.15, -0.1) is 5.10 Å².